The van der Waals surface area contributed by atoms with E-state index in [2.05, 4.69) is 15.5 Å². The fraction of sp³-hybridized carbons (Fsp3) is 0.714. The van der Waals surface area contributed by atoms with Crippen LogP contribution < -0.4 is 5.73 Å². The Morgan fingerprint density at radius 2 is 2.33 bits per heavy atom. The van der Waals surface area contributed by atoms with Gasteiger partial charge in [-0.25, -0.2) is 4.68 Å². The van der Waals surface area contributed by atoms with Crippen LogP contribution in [0.15, 0.2) is 5.16 Å². The molecular formula is C7H13N6OS. The minimum absolute atomic E-state index is 0.0857. The Morgan fingerprint density at radius 3 is 2.93 bits per heavy atom. The highest BCUT2D eigenvalue weighted by molar-refractivity contribution is 7.99. The molecule has 83 valence electrons. The van der Waals surface area contributed by atoms with E-state index < -0.39 is 5.91 Å². The summed E-state index contributed by atoms with van der Waals surface area (Å²) in [4.78, 5) is 12.5. The molecule has 0 aromatic carbocycles. The van der Waals surface area contributed by atoms with Crippen LogP contribution in [-0.4, -0.2) is 57.4 Å². The van der Waals surface area contributed by atoms with Gasteiger partial charge in [0.25, 0.3) is 0 Å². The molecule has 0 aliphatic heterocycles. The monoisotopic (exact) mass is 229 g/mol. The fourth-order valence-electron chi connectivity index (χ4n) is 0.865. The number of nitrogens with one attached hydrogen (secondary N) is 1. The number of amides is 1. The first kappa shape index (κ1) is 11.9. The van der Waals surface area contributed by atoms with Crippen LogP contribution in [0, 0.1) is 0 Å². The van der Waals surface area contributed by atoms with Gasteiger partial charge in [0.15, 0.2) is 0 Å². The van der Waals surface area contributed by atoms with E-state index >= 15 is 0 Å². The summed E-state index contributed by atoms with van der Waals surface area (Å²) in [6, 6.07) is 0. The van der Waals surface area contributed by atoms with Crippen LogP contribution in [0.3, 0.4) is 0 Å². The van der Waals surface area contributed by atoms with E-state index in [1.165, 1.54) is 11.8 Å². The van der Waals surface area contributed by atoms with E-state index in [0.29, 0.717) is 11.7 Å². The third-order valence-electron chi connectivity index (χ3n) is 1.59. The molecule has 0 aliphatic rings. The number of tetrazole rings is 1. The number of hydrogen-bond acceptors (Lipinski definition) is 6. The molecule has 7 nitrogen and oxygen atoms in total. The Bertz CT molecular complexity index is 325. The lowest BCUT2D eigenvalue weighted by atomic mass is 10.6. The van der Waals surface area contributed by atoms with Gasteiger partial charge in [0.2, 0.25) is 11.1 Å². The molecule has 1 N–H and O–H groups in total. The molecule has 15 heavy (non-hydrogen) atoms. The fourth-order valence-corrected chi connectivity index (χ4v) is 1.50. The third-order valence-corrected chi connectivity index (χ3v) is 2.55. The Balaban J connectivity index is 2.49. The molecule has 0 unspecified atom stereocenters. The first-order valence-corrected chi connectivity index (χ1v) is 5.36. The quantitative estimate of drug-likeness (QED) is 0.590. The van der Waals surface area contributed by atoms with Crippen molar-refractivity contribution in [3.8, 4) is 0 Å². The van der Waals surface area contributed by atoms with Crippen LogP contribution in [0.4, 0.5) is 0 Å². The summed E-state index contributed by atoms with van der Waals surface area (Å²) in [5.41, 5.74) is 6.77. The summed E-state index contributed by atoms with van der Waals surface area (Å²) in [6.45, 7) is 1.50. The molecule has 0 saturated heterocycles. The Labute approximate surface area is 92.0 Å². The number of thioether (sulfide) groups is 1. The van der Waals surface area contributed by atoms with E-state index in [0.717, 1.165) is 6.54 Å². The van der Waals surface area contributed by atoms with E-state index in [9.17, 15) is 4.79 Å². The first-order chi connectivity index (χ1) is 7.09. The SMILES string of the molecule is CN(C)CCn1nnnc1SCC([NH])=O. The van der Waals surface area contributed by atoms with Gasteiger partial charge in [-0.3, -0.25) is 10.5 Å². The zero-order valence-electron chi connectivity index (χ0n) is 8.67. The van der Waals surface area contributed by atoms with E-state index in [1.807, 2.05) is 19.0 Å². The maximum Gasteiger partial charge on any atom is 0.248 e. The lowest BCUT2D eigenvalue weighted by Gasteiger charge is -2.09. The normalized spacial score (nSPS) is 10.9. The predicted molar refractivity (Wildman–Crippen MR) is 55.2 cm³/mol. The summed E-state index contributed by atoms with van der Waals surface area (Å²) >= 11 is 1.18. The van der Waals surface area contributed by atoms with Crippen molar-refractivity contribution in [1.29, 1.82) is 0 Å². The van der Waals surface area contributed by atoms with Crippen molar-refractivity contribution in [2.45, 2.75) is 11.7 Å². The van der Waals surface area contributed by atoms with Crippen molar-refractivity contribution in [3.05, 3.63) is 0 Å². The molecule has 1 rings (SSSR count). The van der Waals surface area contributed by atoms with Gasteiger partial charge in [-0.2, -0.15) is 0 Å². The van der Waals surface area contributed by atoms with Crippen molar-refractivity contribution in [2.24, 2.45) is 0 Å². The maximum atomic E-state index is 10.5. The summed E-state index contributed by atoms with van der Waals surface area (Å²) in [5.74, 6) is -0.537. The van der Waals surface area contributed by atoms with Crippen molar-refractivity contribution in [2.75, 3.05) is 26.4 Å². The van der Waals surface area contributed by atoms with Crippen molar-refractivity contribution >= 4 is 17.7 Å². The lowest BCUT2D eigenvalue weighted by Crippen LogP contribution is -2.19. The minimum atomic E-state index is -0.623. The summed E-state index contributed by atoms with van der Waals surface area (Å²) < 4.78 is 1.63. The van der Waals surface area contributed by atoms with Gasteiger partial charge in [0, 0.05) is 6.54 Å². The highest BCUT2D eigenvalue weighted by Crippen LogP contribution is 2.12. The number of rotatable bonds is 6. The van der Waals surface area contributed by atoms with E-state index in [4.69, 9.17) is 5.73 Å². The molecule has 0 atom stereocenters. The smallest absolute Gasteiger partial charge is 0.248 e. The highest BCUT2D eigenvalue weighted by Gasteiger charge is 2.08. The molecule has 1 amide bonds. The predicted octanol–water partition coefficient (Wildman–Crippen LogP) is -0.864. The standard InChI is InChI=1S/C7H13N6OS/c1-12(2)3-4-13-7(9-10-11-13)15-5-6(8)14/h8H,3-5H2,1-2H3. The Kier molecular flexibility index (Phi) is 4.50. The summed E-state index contributed by atoms with van der Waals surface area (Å²) in [6.07, 6.45) is 0. The molecule has 0 saturated carbocycles. The molecule has 1 aromatic heterocycles. The van der Waals surface area contributed by atoms with Crippen molar-refractivity contribution in [3.63, 3.8) is 0 Å². The summed E-state index contributed by atoms with van der Waals surface area (Å²) in [5, 5.41) is 11.7. The molecular weight excluding hydrogens is 216 g/mol. The highest BCUT2D eigenvalue weighted by atomic mass is 32.2. The van der Waals surface area contributed by atoms with Crippen LogP contribution in [0.2, 0.25) is 0 Å². The van der Waals surface area contributed by atoms with Crippen molar-refractivity contribution in [1.82, 2.24) is 30.8 Å². The van der Waals surface area contributed by atoms with E-state index in [1.54, 1.807) is 4.68 Å². The average Bonchev–Trinajstić information content (AvgIpc) is 2.58. The minimum Gasteiger partial charge on any atom is -0.308 e. The van der Waals surface area contributed by atoms with Gasteiger partial charge in [0.1, 0.15) is 0 Å². The molecule has 1 radical (unpaired) electrons. The maximum absolute atomic E-state index is 10.5. The number of aromatic nitrogens is 4. The van der Waals surface area contributed by atoms with Gasteiger partial charge in [0.05, 0.1) is 12.3 Å². The molecule has 8 heteroatoms. The van der Waals surface area contributed by atoms with Crippen LogP contribution >= 0.6 is 11.8 Å². The van der Waals surface area contributed by atoms with Crippen LogP contribution in [0.25, 0.3) is 0 Å². The number of likely N-dealkylation sites (N-methyl/N-ethyl adjacent to an activating group) is 1. The van der Waals surface area contributed by atoms with Gasteiger partial charge >= 0.3 is 0 Å². The van der Waals surface area contributed by atoms with Crippen LogP contribution in [0.5, 0.6) is 0 Å². The lowest BCUT2D eigenvalue weighted by molar-refractivity contribution is -0.116. The molecule has 0 spiro atoms. The number of carbonyl (C=O) groups is 1. The van der Waals surface area contributed by atoms with Gasteiger partial charge in [-0.05, 0) is 24.5 Å². The number of carbonyl (C=O) groups excluding carboxylic acids is 1. The largest absolute Gasteiger partial charge is 0.308 e. The van der Waals surface area contributed by atoms with Crippen molar-refractivity contribution < 1.29 is 4.79 Å². The molecule has 0 bridgehead atoms. The second-order valence-electron chi connectivity index (χ2n) is 3.20. The van der Waals surface area contributed by atoms with E-state index in [-0.39, 0.29) is 5.75 Å². The van der Waals surface area contributed by atoms with Crippen LogP contribution in [0.1, 0.15) is 0 Å². The molecule has 0 aliphatic carbocycles. The van der Waals surface area contributed by atoms with Gasteiger partial charge < -0.3 is 4.90 Å². The second kappa shape index (κ2) is 5.66. The third kappa shape index (κ3) is 4.26. The second-order valence-corrected chi connectivity index (χ2v) is 4.14. The van der Waals surface area contributed by atoms with Gasteiger partial charge in [-0.15, -0.1) is 5.10 Å². The first-order valence-electron chi connectivity index (χ1n) is 4.37. The topological polar surface area (TPSA) is 87.7 Å². The van der Waals surface area contributed by atoms with Gasteiger partial charge in [-0.1, -0.05) is 11.8 Å². The molecule has 1 aromatic rings. The number of hydrogen-bond donors (Lipinski definition) is 0. The number of nitrogens with zero attached hydrogens (tertiary/aromatic N) is 5. The zero-order chi connectivity index (χ0) is 11.3. The summed E-state index contributed by atoms with van der Waals surface area (Å²) in [7, 11) is 3.93. The Hall–Kier alpha value is -1.15. The van der Waals surface area contributed by atoms with Crippen LogP contribution in [-0.2, 0) is 11.3 Å². The Morgan fingerprint density at radius 1 is 1.60 bits per heavy atom. The molecule has 0 fully saturated rings. The zero-order valence-corrected chi connectivity index (χ0v) is 9.49. The average molecular weight is 229 g/mol. The molecule has 1 heterocycles.